The highest BCUT2D eigenvalue weighted by molar-refractivity contribution is 8.71. The average Bonchev–Trinajstić information content (AvgIpc) is 3.14. The first-order valence-corrected chi connectivity index (χ1v) is 11.7. The van der Waals surface area contributed by atoms with Crippen LogP contribution in [0.3, 0.4) is 0 Å². The van der Waals surface area contributed by atoms with Crippen molar-refractivity contribution in [1.29, 1.82) is 0 Å². The molecular formula is C19H19NO2S3. The number of hydrogen-bond acceptors (Lipinski definition) is 4. The molecule has 3 nitrogen and oxygen atoms in total. The molecule has 0 aliphatic carbocycles. The maximum absolute atomic E-state index is 12.2. The molecule has 0 saturated heterocycles. The third kappa shape index (κ3) is 5.19. The number of nitrogens with one attached hydrogen (secondary N) is 1. The van der Waals surface area contributed by atoms with Gasteiger partial charge in [0.25, 0.3) is 9.06 Å². The fourth-order valence-electron chi connectivity index (χ4n) is 2.45. The second-order valence-corrected chi connectivity index (χ2v) is 10.4. The highest BCUT2D eigenvalue weighted by Gasteiger charge is 2.12. The lowest BCUT2D eigenvalue weighted by Gasteiger charge is -2.10. The van der Waals surface area contributed by atoms with Crippen molar-refractivity contribution < 1.29 is 8.42 Å². The number of benzene rings is 2. The molecule has 0 unspecified atom stereocenters. The molecule has 0 amide bonds. The number of rotatable bonds is 7. The minimum atomic E-state index is -3.37. The zero-order chi connectivity index (χ0) is 17.7. The summed E-state index contributed by atoms with van der Waals surface area (Å²) in [5.74, 6) is 0.417. The Morgan fingerprint density at radius 2 is 1.84 bits per heavy atom. The average molecular weight is 390 g/mol. The van der Waals surface area contributed by atoms with Crippen LogP contribution in [0.4, 0.5) is 0 Å². The standard InChI is InChI=1S/C19H19NO2S3/c1-15-9-10-16(12-19(15)17-6-3-2-4-7-17)14-24-25(21,22)20-13-18-8-5-11-23-18/h2-12,20H,13-14H2,1H3. The molecule has 0 saturated carbocycles. The maximum atomic E-state index is 12.2. The van der Waals surface area contributed by atoms with Gasteiger partial charge in [0.15, 0.2) is 0 Å². The van der Waals surface area contributed by atoms with Crippen molar-refractivity contribution in [3.05, 3.63) is 82.0 Å². The molecule has 0 aliphatic heterocycles. The summed E-state index contributed by atoms with van der Waals surface area (Å²) in [5, 5.41) is 1.94. The molecule has 6 heteroatoms. The minimum absolute atomic E-state index is 0.343. The summed E-state index contributed by atoms with van der Waals surface area (Å²) >= 11 is 1.54. The summed E-state index contributed by atoms with van der Waals surface area (Å²) in [6.45, 7) is 2.41. The predicted molar refractivity (Wildman–Crippen MR) is 108 cm³/mol. The Balaban J connectivity index is 1.67. The molecule has 3 rings (SSSR count). The van der Waals surface area contributed by atoms with Crippen LogP contribution in [0.1, 0.15) is 16.0 Å². The topological polar surface area (TPSA) is 46.2 Å². The molecule has 0 spiro atoms. The minimum Gasteiger partial charge on any atom is -0.201 e. The van der Waals surface area contributed by atoms with Crippen LogP contribution in [0.15, 0.2) is 66.0 Å². The first-order chi connectivity index (χ1) is 12.0. The van der Waals surface area contributed by atoms with Gasteiger partial charge >= 0.3 is 0 Å². The van der Waals surface area contributed by atoms with Gasteiger partial charge in [0, 0.05) is 17.2 Å². The first-order valence-electron chi connectivity index (χ1n) is 7.85. The van der Waals surface area contributed by atoms with Gasteiger partial charge in [-0.15, -0.1) is 11.3 Å². The van der Waals surface area contributed by atoms with Gasteiger partial charge in [-0.05, 0) is 51.4 Å². The van der Waals surface area contributed by atoms with Gasteiger partial charge in [-0.3, -0.25) is 0 Å². The van der Waals surface area contributed by atoms with Crippen LogP contribution >= 0.6 is 22.1 Å². The second kappa shape index (κ2) is 8.19. The van der Waals surface area contributed by atoms with E-state index in [1.165, 1.54) is 5.56 Å². The molecule has 130 valence electrons. The van der Waals surface area contributed by atoms with Crippen molar-refractivity contribution >= 4 is 31.2 Å². The molecule has 1 heterocycles. The highest BCUT2D eigenvalue weighted by atomic mass is 33.1. The summed E-state index contributed by atoms with van der Waals surface area (Å²) in [6.07, 6.45) is 0. The zero-order valence-corrected chi connectivity index (χ0v) is 16.3. The van der Waals surface area contributed by atoms with Crippen molar-refractivity contribution in [2.45, 2.75) is 19.2 Å². The smallest absolute Gasteiger partial charge is 0.201 e. The Kier molecular flexibility index (Phi) is 5.96. The second-order valence-electron chi connectivity index (χ2n) is 5.63. The Morgan fingerprint density at radius 1 is 1.04 bits per heavy atom. The van der Waals surface area contributed by atoms with Crippen LogP contribution in [-0.4, -0.2) is 8.42 Å². The Morgan fingerprint density at radius 3 is 2.56 bits per heavy atom. The van der Waals surface area contributed by atoms with Gasteiger partial charge in [0.2, 0.25) is 0 Å². The summed E-state index contributed by atoms with van der Waals surface area (Å²) in [6, 6.07) is 20.1. The lowest BCUT2D eigenvalue weighted by Crippen LogP contribution is -2.19. The van der Waals surface area contributed by atoms with Crippen molar-refractivity contribution in [3.8, 4) is 11.1 Å². The maximum Gasteiger partial charge on any atom is 0.265 e. The zero-order valence-electron chi connectivity index (χ0n) is 13.8. The largest absolute Gasteiger partial charge is 0.265 e. The lowest BCUT2D eigenvalue weighted by atomic mass is 9.99. The van der Waals surface area contributed by atoms with Crippen LogP contribution in [0.2, 0.25) is 0 Å². The van der Waals surface area contributed by atoms with Crippen LogP contribution in [0, 0.1) is 6.92 Å². The summed E-state index contributed by atoms with van der Waals surface area (Å²) in [5.41, 5.74) is 4.46. The van der Waals surface area contributed by atoms with Gasteiger partial charge < -0.3 is 0 Å². The van der Waals surface area contributed by atoms with Crippen LogP contribution < -0.4 is 4.72 Å². The van der Waals surface area contributed by atoms with E-state index in [0.29, 0.717) is 12.3 Å². The molecule has 25 heavy (non-hydrogen) atoms. The molecule has 3 aromatic rings. The van der Waals surface area contributed by atoms with E-state index in [-0.39, 0.29) is 0 Å². The monoisotopic (exact) mass is 389 g/mol. The number of thiophene rings is 1. The molecular weight excluding hydrogens is 370 g/mol. The van der Waals surface area contributed by atoms with E-state index in [0.717, 1.165) is 32.4 Å². The van der Waals surface area contributed by atoms with E-state index < -0.39 is 9.06 Å². The van der Waals surface area contributed by atoms with E-state index in [1.54, 1.807) is 11.3 Å². The fourth-order valence-corrected chi connectivity index (χ4v) is 5.37. The molecule has 0 radical (unpaired) electrons. The highest BCUT2D eigenvalue weighted by Crippen LogP contribution is 2.27. The van der Waals surface area contributed by atoms with Gasteiger partial charge in [0.1, 0.15) is 0 Å². The Bertz CT molecular complexity index is 921. The van der Waals surface area contributed by atoms with E-state index in [4.69, 9.17) is 0 Å². The third-order valence-electron chi connectivity index (χ3n) is 3.77. The Hall–Kier alpha value is -1.60. The van der Waals surface area contributed by atoms with E-state index in [9.17, 15) is 8.42 Å². The molecule has 0 aliphatic rings. The molecule has 0 fully saturated rings. The lowest BCUT2D eigenvalue weighted by molar-refractivity contribution is 0.597. The van der Waals surface area contributed by atoms with E-state index in [1.807, 2.05) is 47.8 Å². The van der Waals surface area contributed by atoms with Crippen LogP contribution in [-0.2, 0) is 21.4 Å². The Labute approximate surface area is 156 Å². The van der Waals surface area contributed by atoms with Crippen LogP contribution in [0.25, 0.3) is 11.1 Å². The normalized spacial score (nSPS) is 11.6. The van der Waals surface area contributed by atoms with Gasteiger partial charge in [-0.2, -0.15) is 0 Å². The first kappa shape index (κ1) is 18.2. The summed E-state index contributed by atoms with van der Waals surface area (Å²) in [4.78, 5) is 1.01. The summed E-state index contributed by atoms with van der Waals surface area (Å²) < 4.78 is 27.0. The van der Waals surface area contributed by atoms with Crippen molar-refractivity contribution in [2.24, 2.45) is 0 Å². The van der Waals surface area contributed by atoms with Gasteiger partial charge in [0.05, 0.1) is 0 Å². The number of hydrogen-bond donors (Lipinski definition) is 1. The van der Waals surface area contributed by atoms with Gasteiger partial charge in [-0.1, -0.05) is 54.6 Å². The number of aryl methyl sites for hydroxylation is 1. The van der Waals surface area contributed by atoms with Crippen molar-refractivity contribution in [3.63, 3.8) is 0 Å². The predicted octanol–water partition coefficient (Wildman–Crippen LogP) is 4.99. The summed E-state index contributed by atoms with van der Waals surface area (Å²) in [7, 11) is -2.44. The quantitative estimate of drug-likeness (QED) is 0.579. The van der Waals surface area contributed by atoms with Gasteiger partial charge in [-0.25, -0.2) is 13.1 Å². The fraction of sp³-hybridized carbons (Fsp3) is 0.158. The molecule has 1 N–H and O–H groups in total. The third-order valence-corrected chi connectivity index (χ3v) is 7.54. The van der Waals surface area contributed by atoms with Crippen LogP contribution in [0.5, 0.6) is 0 Å². The molecule has 0 bridgehead atoms. The SMILES string of the molecule is Cc1ccc(CSS(=O)(=O)NCc2cccs2)cc1-c1ccccc1. The molecule has 1 aromatic heterocycles. The molecule has 0 atom stereocenters. The van der Waals surface area contributed by atoms with Crippen molar-refractivity contribution in [1.82, 2.24) is 4.72 Å². The van der Waals surface area contributed by atoms with E-state index in [2.05, 4.69) is 29.8 Å². The van der Waals surface area contributed by atoms with E-state index >= 15 is 0 Å². The molecule has 2 aromatic carbocycles. The van der Waals surface area contributed by atoms with Crippen molar-refractivity contribution in [2.75, 3.05) is 0 Å².